The van der Waals surface area contributed by atoms with Gasteiger partial charge in [-0.3, -0.25) is 14.4 Å². The Balaban J connectivity index is 4.12. The third-order valence-electron chi connectivity index (χ3n) is 14.8. The van der Waals surface area contributed by atoms with E-state index < -0.39 is 6.10 Å². The summed E-state index contributed by atoms with van der Waals surface area (Å²) in [6.07, 6.45) is 70.9. The monoisotopic (exact) mass is 1000 g/mol. The maximum absolute atomic E-state index is 12.9. The topological polar surface area (TPSA) is 78.9 Å². The van der Waals surface area contributed by atoms with E-state index in [4.69, 9.17) is 14.2 Å². The first-order valence-electron chi connectivity index (χ1n) is 32.2. The van der Waals surface area contributed by atoms with Gasteiger partial charge < -0.3 is 14.2 Å². The van der Waals surface area contributed by atoms with Crippen molar-refractivity contribution < 1.29 is 28.6 Å². The van der Waals surface area contributed by atoms with Gasteiger partial charge in [-0.25, -0.2) is 0 Å². The van der Waals surface area contributed by atoms with E-state index in [0.29, 0.717) is 19.3 Å². The number of rotatable bonds is 60. The van der Waals surface area contributed by atoms with Crippen LogP contribution in [-0.2, 0) is 28.6 Å². The molecule has 0 rings (SSSR count). The Labute approximate surface area is 443 Å². The minimum atomic E-state index is -0.768. The van der Waals surface area contributed by atoms with Gasteiger partial charge in [0.25, 0.3) is 0 Å². The van der Waals surface area contributed by atoms with Crippen LogP contribution in [0.2, 0.25) is 0 Å². The van der Waals surface area contributed by atoms with Crippen LogP contribution in [0.5, 0.6) is 0 Å². The lowest BCUT2D eigenvalue weighted by molar-refractivity contribution is -0.167. The lowest BCUT2D eigenvalue weighted by Gasteiger charge is -2.18. The molecule has 0 spiro atoms. The van der Waals surface area contributed by atoms with Crippen LogP contribution in [0.15, 0.2) is 12.2 Å². The summed E-state index contributed by atoms with van der Waals surface area (Å²) in [5, 5.41) is 0. The van der Waals surface area contributed by atoms with E-state index in [-0.39, 0.29) is 31.1 Å². The smallest absolute Gasteiger partial charge is 0.306 e. The summed E-state index contributed by atoms with van der Waals surface area (Å²) in [6.45, 7) is 6.68. The van der Waals surface area contributed by atoms with Crippen molar-refractivity contribution in [3.8, 4) is 0 Å². The number of carbonyl (C=O) groups is 3. The minimum Gasteiger partial charge on any atom is -0.462 e. The Morgan fingerprint density at radius 2 is 0.465 bits per heavy atom. The number of hydrogen-bond donors (Lipinski definition) is 0. The fraction of sp³-hybridized carbons (Fsp3) is 0.923. The Kier molecular flexibility index (Phi) is 59.1. The molecule has 0 amide bonds. The van der Waals surface area contributed by atoms with Crippen LogP contribution in [0.3, 0.4) is 0 Å². The van der Waals surface area contributed by atoms with Gasteiger partial charge in [0.1, 0.15) is 13.2 Å². The largest absolute Gasteiger partial charge is 0.462 e. The summed E-state index contributed by atoms with van der Waals surface area (Å²) in [5.74, 6) is -0.849. The van der Waals surface area contributed by atoms with Crippen LogP contribution in [0.4, 0.5) is 0 Å². The van der Waals surface area contributed by atoms with E-state index in [0.717, 1.165) is 64.2 Å². The van der Waals surface area contributed by atoms with Crippen LogP contribution in [0.25, 0.3) is 0 Å². The van der Waals surface area contributed by atoms with Crippen molar-refractivity contribution in [2.75, 3.05) is 13.2 Å². The van der Waals surface area contributed by atoms with Gasteiger partial charge in [-0.2, -0.15) is 0 Å². The molecule has 6 nitrogen and oxygen atoms in total. The van der Waals surface area contributed by atoms with Crippen molar-refractivity contribution in [1.82, 2.24) is 0 Å². The first kappa shape index (κ1) is 69.2. The molecule has 0 bridgehead atoms. The standard InChI is InChI=1S/C65H124O6/c1-4-7-10-13-16-19-22-25-27-28-29-30-31-32-33-34-35-36-37-38-39-41-43-46-49-52-55-58-64(67)70-61-62(60-69-63(66)57-54-51-48-45-42-24-21-18-15-12-9-6-3)71-65(68)59-56-53-50-47-44-40-26-23-20-17-14-11-8-5-2/h18,21,62H,4-17,19-20,22-61H2,1-3H3/b21-18-. The summed E-state index contributed by atoms with van der Waals surface area (Å²) in [5.41, 5.74) is 0. The lowest BCUT2D eigenvalue weighted by atomic mass is 10.0. The van der Waals surface area contributed by atoms with Crippen LogP contribution in [0.1, 0.15) is 367 Å². The summed E-state index contributed by atoms with van der Waals surface area (Å²) in [6, 6.07) is 0. The van der Waals surface area contributed by atoms with Gasteiger partial charge in [0.05, 0.1) is 0 Å². The predicted molar refractivity (Wildman–Crippen MR) is 307 cm³/mol. The predicted octanol–water partition coefficient (Wildman–Crippen LogP) is 21.7. The highest BCUT2D eigenvalue weighted by molar-refractivity contribution is 5.71. The van der Waals surface area contributed by atoms with E-state index in [1.54, 1.807) is 0 Å². The number of allylic oxidation sites excluding steroid dienone is 2. The van der Waals surface area contributed by atoms with Gasteiger partial charge in [-0.1, -0.05) is 315 Å². The number of carbonyl (C=O) groups excluding carboxylic acids is 3. The molecule has 0 radical (unpaired) electrons. The molecule has 6 heteroatoms. The number of hydrogen-bond acceptors (Lipinski definition) is 6. The molecule has 0 aromatic rings. The molecule has 0 aliphatic carbocycles. The molecule has 0 N–H and O–H groups in total. The molecule has 0 saturated carbocycles. The maximum atomic E-state index is 12.9. The van der Waals surface area contributed by atoms with Crippen molar-refractivity contribution >= 4 is 17.9 Å². The molecular formula is C65H124O6. The normalized spacial score (nSPS) is 12.0. The molecule has 0 fully saturated rings. The van der Waals surface area contributed by atoms with Gasteiger partial charge in [-0.05, 0) is 44.9 Å². The van der Waals surface area contributed by atoms with Crippen LogP contribution < -0.4 is 0 Å². The zero-order valence-corrected chi connectivity index (χ0v) is 48.3. The Morgan fingerprint density at radius 1 is 0.268 bits per heavy atom. The lowest BCUT2D eigenvalue weighted by Crippen LogP contribution is -2.30. The highest BCUT2D eigenvalue weighted by Crippen LogP contribution is 2.18. The van der Waals surface area contributed by atoms with E-state index in [2.05, 4.69) is 32.9 Å². The summed E-state index contributed by atoms with van der Waals surface area (Å²) < 4.78 is 16.9. The molecule has 420 valence electrons. The molecule has 71 heavy (non-hydrogen) atoms. The fourth-order valence-electron chi connectivity index (χ4n) is 9.91. The molecule has 0 saturated heterocycles. The van der Waals surface area contributed by atoms with Crippen molar-refractivity contribution in [2.45, 2.75) is 374 Å². The molecule has 0 aromatic heterocycles. The van der Waals surface area contributed by atoms with Crippen molar-refractivity contribution in [1.29, 1.82) is 0 Å². The van der Waals surface area contributed by atoms with Gasteiger partial charge in [0.15, 0.2) is 6.10 Å². The van der Waals surface area contributed by atoms with Crippen molar-refractivity contribution in [3.05, 3.63) is 12.2 Å². The van der Waals surface area contributed by atoms with E-state index >= 15 is 0 Å². The fourth-order valence-corrected chi connectivity index (χ4v) is 9.91. The maximum Gasteiger partial charge on any atom is 0.306 e. The highest BCUT2D eigenvalue weighted by atomic mass is 16.6. The van der Waals surface area contributed by atoms with Crippen LogP contribution in [0, 0.1) is 0 Å². The summed E-state index contributed by atoms with van der Waals surface area (Å²) in [7, 11) is 0. The second-order valence-electron chi connectivity index (χ2n) is 22.0. The summed E-state index contributed by atoms with van der Waals surface area (Å²) in [4.78, 5) is 38.2. The van der Waals surface area contributed by atoms with Crippen molar-refractivity contribution in [2.24, 2.45) is 0 Å². The van der Waals surface area contributed by atoms with Crippen LogP contribution in [-0.4, -0.2) is 37.2 Å². The Morgan fingerprint density at radius 3 is 0.732 bits per heavy atom. The number of ether oxygens (including phenoxy) is 3. The molecule has 0 aliphatic heterocycles. The third-order valence-corrected chi connectivity index (χ3v) is 14.8. The van der Waals surface area contributed by atoms with Crippen molar-refractivity contribution in [3.63, 3.8) is 0 Å². The zero-order valence-electron chi connectivity index (χ0n) is 48.3. The number of unbranched alkanes of at least 4 members (excludes halogenated alkanes) is 47. The Hall–Kier alpha value is -1.85. The first-order valence-corrected chi connectivity index (χ1v) is 32.2. The number of esters is 3. The van der Waals surface area contributed by atoms with E-state index in [1.807, 2.05) is 0 Å². The Bertz CT molecular complexity index is 1100. The molecule has 0 aromatic carbocycles. The quantitative estimate of drug-likeness (QED) is 0.0261. The summed E-state index contributed by atoms with van der Waals surface area (Å²) >= 11 is 0. The first-order chi connectivity index (χ1) is 35.0. The zero-order chi connectivity index (χ0) is 51.4. The highest BCUT2D eigenvalue weighted by Gasteiger charge is 2.19. The van der Waals surface area contributed by atoms with Gasteiger partial charge in [-0.15, -0.1) is 0 Å². The third kappa shape index (κ3) is 58.9. The molecule has 0 aliphatic rings. The molecule has 1 unspecified atom stereocenters. The SMILES string of the molecule is CCCCC/C=C\CCCCCCCC(=O)OCC(COC(=O)CCCCCCCCCCCCCCCCCCCCCCCCCCCCC)OC(=O)CCCCCCCCCCCCCCCC. The van der Waals surface area contributed by atoms with Gasteiger partial charge in [0.2, 0.25) is 0 Å². The average molecular weight is 1000 g/mol. The second-order valence-corrected chi connectivity index (χ2v) is 22.0. The minimum absolute atomic E-state index is 0.0663. The second kappa shape index (κ2) is 60.7. The average Bonchev–Trinajstić information content (AvgIpc) is 3.37. The van der Waals surface area contributed by atoms with E-state index in [9.17, 15) is 14.4 Å². The van der Waals surface area contributed by atoms with E-state index in [1.165, 1.54) is 263 Å². The van der Waals surface area contributed by atoms with Gasteiger partial charge >= 0.3 is 17.9 Å². The molecule has 1 atom stereocenters. The molecular weight excluding hydrogens is 877 g/mol. The van der Waals surface area contributed by atoms with Crippen LogP contribution >= 0.6 is 0 Å². The van der Waals surface area contributed by atoms with Gasteiger partial charge in [0, 0.05) is 19.3 Å². The molecule has 0 heterocycles.